The molecule has 4 heteroatoms. The molecule has 0 saturated heterocycles. The van der Waals surface area contributed by atoms with Gasteiger partial charge in [0.15, 0.2) is 0 Å². The first kappa shape index (κ1) is 13.4. The molecule has 0 bridgehead atoms. The number of H-pyrrole nitrogens is 1. The molecule has 1 aliphatic rings. The highest BCUT2D eigenvalue weighted by atomic mass is 16.1. The van der Waals surface area contributed by atoms with E-state index in [1.807, 2.05) is 16.7 Å². The molecule has 108 valence electrons. The van der Waals surface area contributed by atoms with Crippen LogP contribution in [0.1, 0.15) is 38.8 Å². The van der Waals surface area contributed by atoms with Crippen molar-refractivity contribution in [3.63, 3.8) is 0 Å². The van der Waals surface area contributed by atoms with Crippen LogP contribution in [0.5, 0.6) is 0 Å². The van der Waals surface area contributed by atoms with Crippen LogP contribution in [0.4, 0.5) is 0 Å². The Balaban J connectivity index is 2.21. The quantitative estimate of drug-likeness (QED) is 0.934. The van der Waals surface area contributed by atoms with Gasteiger partial charge in [-0.2, -0.15) is 0 Å². The number of aromatic nitrogens is 2. The average molecular weight is 273 g/mol. The highest BCUT2D eigenvalue weighted by Gasteiger charge is 2.27. The molecule has 0 aliphatic carbocycles. The van der Waals surface area contributed by atoms with Gasteiger partial charge in [-0.25, -0.2) is 4.79 Å². The zero-order valence-electron chi connectivity index (χ0n) is 12.5. The normalized spacial score (nSPS) is 19.7. The predicted molar refractivity (Wildman–Crippen MR) is 82.0 cm³/mol. The third kappa shape index (κ3) is 2.08. The first-order valence-electron chi connectivity index (χ1n) is 7.56. The fraction of sp³-hybridized carbons (Fsp3) is 0.562. The predicted octanol–water partition coefficient (Wildman–Crippen LogP) is 2.75. The molecule has 0 fully saturated rings. The lowest BCUT2D eigenvalue weighted by Crippen LogP contribution is -2.34. The lowest BCUT2D eigenvalue weighted by molar-refractivity contribution is 0.205. The van der Waals surface area contributed by atoms with Gasteiger partial charge in [0, 0.05) is 13.1 Å². The summed E-state index contributed by atoms with van der Waals surface area (Å²) in [6.07, 6.45) is 1.14. The van der Waals surface area contributed by atoms with Crippen molar-refractivity contribution in [2.75, 3.05) is 13.1 Å². The summed E-state index contributed by atoms with van der Waals surface area (Å²) < 4.78 is 1.99. The van der Waals surface area contributed by atoms with Crippen molar-refractivity contribution in [1.82, 2.24) is 14.5 Å². The topological polar surface area (TPSA) is 41.0 Å². The fourth-order valence-corrected chi connectivity index (χ4v) is 3.34. The summed E-state index contributed by atoms with van der Waals surface area (Å²) in [5.74, 6) is 0.442. The van der Waals surface area contributed by atoms with Gasteiger partial charge in [-0.15, -0.1) is 0 Å². The summed E-state index contributed by atoms with van der Waals surface area (Å²) in [5, 5.41) is 0. The summed E-state index contributed by atoms with van der Waals surface area (Å²) in [5.41, 5.74) is 3.37. The standard InChI is InChI=1S/C16H23N3O/c1-4-8-18-9-12-6-5-7-13-15(12)19(16(20)17-13)14(10-18)11(2)3/h5-7,11,14H,4,8-10H2,1-3H3,(H,17,20). The number of imidazole rings is 1. The van der Waals surface area contributed by atoms with E-state index >= 15 is 0 Å². The Bertz CT molecular complexity index is 668. The highest BCUT2D eigenvalue weighted by Crippen LogP contribution is 2.29. The maximum Gasteiger partial charge on any atom is 0.326 e. The van der Waals surface area contributed by atoms with Gasteiger partial charge >= 0.3 is 5.69 Å². The number of rotatable bonds is 3. The Morgan fingerprint density at radius 1 is 1.40 bits per heavy atom. The first-order chi connectivity index (χ1) is 9.61. The summed E-state index contributed by atoms with van der Waals surface area (Å²) in [6, 6.07) is 6.44. The van der Waals surface area contributed by atoms with E-state index in [0.29, 0.717) is 5.92 Å². The summed E-state index contributed by atoms with van der Waals surface area (Å²) in [7, 11) is 0. The Morgan fingerprint density at radius 3 is 2.90 bits per heavy atom. The molecule has 0 radical (unpaired) electrons. The van der Waals surface area contributed by atoms with E-state index in [2.05, 4.69) is 36.7 Å². The number of hydrogen-bond donors (Lipinski definition) is 1. The monoisotopic (exact) mass is 273 g/mol. The molecule has 1 unspecified atom stereocenters. The van der Waals surface area contributed by atoms with Crippen molar-refractivity contribution in [3.05, 3.63) is 34.2 Å². The van der Waals surface area contributed by atoms with E-state index in [-0.39, 0.29) is 11.7 Å². The van der Waals surface area contributed by atoms with E-state index in [9.17, 15) is 4.79 Å². The van der Waals surface area contributed by atoms with Gasteiger partial charge in [-0.3, -0.25) is 9.47 Å². The lowest BCUT2D eigenvalue weighted by Gasteiger charge is -2.27. The third-order valence-corrected chi connectivity index (χ3v) is 4.30. The number of hydrogen-bond acceptors (Lipinski definition) is 2. The summed E-state index contributed by atoms with van der Waals surface area (Å²) in [6.45, 7) is 9.59. The fourth-order valence-electron chi connectivity index (χ4n) is 3.34. The Labute approximate surface area is 119 Å². The number of nitrogens with zero attached hydrogens (tertiary/aromatic N) is 2. The molecular formula is C16H23N3O. The molecule has 4 nitrogen and oxygen atoms in total. The maximum atomic E-state index is 12.4. The Kier molecular flexibility index (Phi) is 3.42. The minimum atomic E-state index is 0.0319. The van der Waals surface area contributed by atoms with Crippen molar-refractivity contribution >= 4 is 11.0 Å². The second kappa shape index (κ2) is 5.09. The second-order valence-corrected chi connectivity index (χ2v) is 6.16. The molecular weight excluding hydrogens is 250 g/mol. The van der Waals surface area contributed by atoms with Crippen LogP contribution in [0.3, 0.4) is 0 Å². The SMILES string of the molecule is CCCN1Cc2cccc3[nH]c(=O)n(c23)C(C(C)C)C1. The number of para-hydroxylation sites is 1. The van der Waals surface area contributed by atoms with E-state index in [1.54, 1.807) is 0 Å². The molecule has 2 aromatic rings. The average Bonchev–Trinajstić information content (AvgIpc) is 2.63. The zero-order chi connectivity index (χ0) is 14.3. The molecule has 0 spiro atoms. The highest BCUT2D eigenvalue weighted by molar-refractivity contribution is 5.79. The van der Waals surface area contributed by atoms with Crippen LogP contribution < -0.4 is 5.69 Å². The van der Waals surface area contributed by atoms with Crippen LogP contribution in [0, 0.1) is 5.92 Å². The molecule has 1 aromatic heterocycles. The van der Waals surface area contributed by atoms with Gasteiger partial charge in [0.05, 0.1) is 17.1 Å². The van der Waals surface area contributed by atoms with Gasteiger partial charge in [-0.05, 0) is 30.5 Å². The van der Waals surface area contributed by atoms with E-state index in [4.69, 9.17) is 0 Å². The van der Waals surface area contributed by atoms with Crippen LogP contribution in [0.2, 0.25) is 0 Å². The maximum absolute atomic E-state index is 12.4. The van der Waals surface area contributed by atoms with E-state index < -0.39 is 0 Å². The molecule has 1 aliphatic heterocycles. The molecule has 20 heavy (non-hydrogen) atoms. The van der Waals surface area contributed by atoms with Crippen LogP contribution in [-0.2, 0) is 6.54 Å². The second-order valence-electron chi connectivity index (χ2n) is 6.16. The molecule has 0 amide bonds. The number of benzene rings is 1. The van der Waals surface area contributed by atoms with Gasteiger partial charge in [0.1, 0.15) is 0 Å². The van der Waals surface area contributed by atoms with Gasteiger partial charge in [-0.1, -0.05) is 32.9 Å². The smallest absolute Gasteiger partial charge is 0.306 e. The number of aromatic amines is 1. The third-order valence-electron chi connectivity index (χ3n) is 4.30. The molecule has 1 N–H and O–H groups in total. The van der Waals surface area contributed by atoms with Gasteiger partial charge in [0.25, 0.3) is 0 Å². The molecule has 3 rings (SSSR count). The van der Waals surface area contributed by atoms with E-state index in [0.717, 1.165) is 37.1 Å². The van der Waals surface area contributed by atoms with Crippen LogP contribution in [-0.4, -0.2) is 27.5 Å². The van der Waals surface area contributed by atoms with Crippen molar-refractivity contribution < 1.29 is 0 Å². The van der Waals surface area contributed by atoms with Crippen molar-refractivity contribution in [1.29, 1.82) is 0 Å². The first-order valence-corrected chi connectivity index (χ1v) is 7.56. The van der Waals surface area contributed by atoms with Crippen LogP contribution in [0.25, 0.3) is 11.0 Å². The zero-order valence-corrected chi connectivity index (χ0v) is 12.5. The summed E-state index contributed by atoms with van der Waals surface area (Å²) in [4.78, 5) is 17.9. The minimum absolute atomic E-state index is 0.0319. The Morgan fingerprint density at radius 2 is 2.20 bits per heavy atom. The van der Waals surface area contributed by atoms with Gasteiger partial charge in [0.2, 0.25) is 0 Å². The lowest BCUT2D eigenvalue weighted by atomic mass is 10.0. The van der Waals surface area contributed by atoms with Crippen molar-refractivity contribution in [2.45, 2.75) is 39.8 Å². The van der Waals surface area contributed by atoms with E-state index in [1.165, 1.54) is 5.56 Å². The molecule has 2 heterocycles. The largest absolute Gasteiger partial charge is 0.326 e. The number of nitrogens with one attached hydrogen (secondary N) is 1. The van der Waals surface area contributed by atoms with Crippen molar-refractivity contribution in [3.8, 4) is 0 Å². The van der Waals surface area contributed by atoms with Crippen LogP contribution >= 0.6 is 0 Å². The Hall–Kier alpha value is -1.55. The van der Waals surface area contributed by atoms with Crippen LogP contribution in [0.15, 0.2) is 23.0 Å². The molecule has 1 aromatic carbocycles. The minimum Gasteiger partial charge on any atom is -0.306 e. The summed E-state index contributed by atoms with van der Waals surface area (Å²) >= 11 is 0. The molecule has 1 atom stereocenters. The molecule has 0 saturated carbocycles. The van der Waals surface area contributed by atoms with Crippen molar-refractivity contribution in [2.24, 2.45) is 5.92 Å². The van der Waals surface area contributed by atoms with Gasteiger partial charge < -0.3 is 4.98 Å².